The molecule has 0 aromatic heterocycles. The minimum absolute atomic E-state index is 0.454. The van der Waals surface area contributed by atoms with E-state index in [9.17, 15) is 4.79 Å². The van der Waals surface area contributed by atoms with E-state index in [4.69, 9.17) is 4.74 Å². The molecule has 0 saturated carbocycles. The third-order valence-corrected chi connectivity index (χ3v) is 3.21. The number of carbonyl (C=O) groups excluding carboxylic acids is 1. The van der Waals surface area contributed by atoms with E-state index >= 15 is 0 Å². The first kappa shape index (κ1) is 12.9. The molecular formula is C14H20N2O2. The van der Waals surface area contributed by atoms with Gasteiger partial charge in [-0.1, -0.05) is 6.07 Å². The average Bonchev–Trinajstić information content (AvgIpc) is 2.90. The lowest BCUT2D eigenvalue weighted by atomic mass is 10.3. The van der Waals surface area contributed by atoms with Crippen LogP contribution in [-0.4, -0.2) is 44.6 Å². The van der Waals surface area contributed by atoms with Crippen molar-refractivity contribution in [1.29, 1.82) is 0 Å². The molecule has 1 aliphatic rings. The van der Waals surface area contributed by atoms with E-state index in [-0.39, 0.29) is 0 Å². The maximum absolute atomic E-state index is 11.1. The van der Waals surface area contributed by atoms with Crippen molar-refractivity contribution in [1.82, 2.24) is 4.90 Å². The normalized spacial score (nSPS) is 17.4. The molecule has 4 nitrogen and oxygen atoms in total. The zero-order valence-corrected chi connectivity index (χ0v) is 11.0. The van der Waals surface area contributed by atoms with E-state index in [1.807, 2.05) is 43.3 Å². The van der Waals surface area contributed by atoms with E-state index in [1.54, 1.807) is 0 Å². The Morgan fingerprint density at radius 3 is 2.67 bits per heavy atom. The Hall–Kier alpha value is -1.55. The molecule has 1 heterocycles. The molecule has 1 fully saturated rings. The number of rotatable bonds is 5. The van der Waals surface area contributed by atoms with E-state index in [1.165, 1.54) is 0 Å². The minimum Gasteiger partial charge on any atom is -0.468 e. The van der Waals surface area contributed by atoms with Gasteiger partial charge in [-0.15, -0.1) is 0 Å². The van der Waals surface area contributed by atoms with Gasteiger partial charge in [0.15, 0.2) is 6.29 Å². The Morgan fingerprint density at radius 1 is 1.33 bits per heavy atom. The number of benzene rings is 1. The van der Waals surface area contributed by atoms with Crippen molar-refractivity contribution in [2.45, 2.75) is 19.1 Å². The number of ether oxygens (including phenoxy) is 1. The zero-order chi connectivity index (χ0) is 13.0. The smallest absolute Gasteiger partial charge is 0.209 e. The number of nitrogens with zero attached hydrogens (tertiary/aromatic N) is 2. The summed E-state index contributed by atoms with van der Waals surface area (Å²) in [5.74, 6) is 0.741. The molecule has 1 unspecified atom stereocenters. The second-order valence-electron chi connectivity index (χ2n) is 4.78. The molecule has 1 atom stereocenters. The molecule has 1 saturated heterocycles. The molecule has 0 spiro atoms. The fraction of sp³-hybridized carbons (Fsp3) is 0.500. The van der Waals surface area contributed by atoms with Crippen molar-refractivity contribution in [2.24, 2.45) is 0 Å². The summed E-state index contributed by atoms with van der Waals surface area (Å²) in [5.41, 5.74) is 1.07. The number of hydrogen-bond donors (Lipinski definition) is 0. The molecule has 0 radical (unpaired) electrons. The van der Waals surface area contributed by atoms with Crippen LogP contribution < -0.4 is 9.64 Å². The van der Waals surface area contributed by atoms with Gasteiger partial charge >= 0.3 is 0 Å². The Bertz CT molecular complexity index is 401. The monoisotopic (exact) mass is 248 g/mol. The summed E-state index contributed by atoms with van der Waals surface area (Å²) in [6.07, 6.45) is 2.72. The van der Waals surface area contributed by atoms with Gasteiger partial charge in [0, 0.05) is 38.9 Å². The predicted octanol–water partition coefficient (Wildman–Crippen LogP) is 1.75. The third kappa shape index (κ3) is 3.01. The Kier molecular flexibility index (Phi) is 4.20. The highest BCUT2D eigenvalue weighted by molar-refractivity contribution is 5.57. The van der Waals surface area contributed by atoms with E-state index in [2.05, 4.69) is 4.90 Å². The second kappa shape index (κ2) is 5.87. The quantitative estimate of drug-likeness (QED) is 0.743. The van der Waals surface area contributed by atoms with Crippen LogP contribution in [0.3, 0.4) is 0 Å². The summed E-state index contributed by atoms with van der Waals surface area (Å²) in [7, 11) is 3.97. The second-order valence-corrected chi connectivity index (χ2v) is 4.78. The van der Waals surface area contributed by atoms with Crippen LogP contribution in [0.5, 0.6) is 5.75 Å². The molecule has 1 aromatic carbocycles. The first-order chi connectivity index (χ1) is 8.70. The van der Waals surface area contributed by atoms with Gasteiger partial charge in [0.05, 0.1) is 0 Å². The topological polar surface area (TPSA) is 32.8 Å². The van der Waals surface area contributed by atoms with Gasteiger partial charge in [-0.05, 0) is 25.0 Å². The molecule has 2 rings (SSSR count). The molecule has 1 aromatic rings. The van der Waals surface area contributed by atoms with Gasteiger partial charge in [0.25, 0.3) is 0 Å². The fourth-order valence-electron chi connectivity index (χ4n) is 2.16. The van der Waals surface area contributed by atoms with Crippen LogP contribution in [0, 0.1) is 0 Å². The maximum atomic E-state index is 11.1. The van der Waals surface area contributed by atoms with Gasteiger partial charge in [-0.3, -0.25) is 9.69 Å². The molecule has 0 bridgehead atoms. The summed E-state index contributed by atoms with van der Waals surface area (Å²) in [5, 5.41) is 0. The number of hydrogen-bond acceptors (Lipinski definition) is 4. The molecule has 0 amide bonds. The van der Waals surface area contributed by atoms with Gasteiger partial charge in [0.2, 0.25) is 6.23 Å². The summed E-state index contributed by atoms with van der Waals surface area (Å²) >= 11 is 0. The van der Waals surface area contributed by atoms with Crippen LogP contribution in [0.15, 0.2) is 24.3 Å². The lowest BCUT2D eigenvalue weighted by molar-refractivity contribution is -0.120. The average molecular weight is 248 g/mol. The number of likely N-dealkylation sites (tertiary alicyclic amines) is 1. The highest BCUT2D eigenvalue weighted by atomic mass is 16.5. The van der Waals surface area contributed by atoms with E-state index in [0.29, 0.717) is 0 Å². The van der Waals surface area contributed by atoms with Crippen LogP contribution in [0.2, 0.25) is 0 Å². The number of aldehydes is 1. The highest BCUT2D eigenvalue weighted by Gasteiger charge is 2.22. The number of carbonyl (C=O) groups is 1. The van der Waals surface area contributed by atoms with Crippen molar-refractivity contribution < 1.29 is 9.53 Å². The fourth-order valence-corrected chi connectivity index (χ4v) is 2.16. The largest absolute Gasteiger partial charge is 0.468 e. The molecule has 0 aliphatic carbocycles. The van der Waals surface area contributed by atoms with Crippen molar-refractivity contribution in [2.75, 3.05) is 32.1 Å². The third-order valence-electron chi connectivity index (χ3n) is 3.21. The maximum Gasteiger partial charge on any atom is 0.209 e. The molecule has 18 heavy (non-hydrogen) atoms. The van der Waals surface area contributed by atoms with Crippen LogP contribution >= 0.6 is 0 Å². The predicted molar refractivity (Wildman–Crippen MR) is 72.1 cm³/mol. The molecule has 1 aliphatic heterocycles. The van der Waals surface area contributed by atoms with Crippen LogP contribution in [0.4, 0.5) is 5.69 Å². The van der Waals surface area contributed by atoms with Gasteiger partial charge in [-0.2, -0.15) is 0 Å². The van der Waals surface area contributed by atoms with Crippen LogP contribution in [0.1, 0.15) is 12.8 Å². The van der Waals surface area contributed by atoms with E-state index in [0.717, 1.165) is 43.7 Å². The highest BCUT2D eigenvalue weighted by Crippen LogP contribution is 2.21. The standard InChI is InChI=1S/C14H20N2O2/c1-15(2)12-6-5-7-13(10-12)18-14(11-17)16-8-3-4-9-16/h5-7,10-11,14H,3-4,8-9H2,1-2H3. The first-order valence-corrected chi connectivity index (χ1v) is 6.34. The van der Waals surface area contributed by atoms with Crippen molar-refractivity contribution in [3.63, 3.8) is 0 Å². The van der Waals surface area contributed by atoms with E-state index < -0.39 is 6.23 Å². The lowest BCUT2D eigenvalue weighted by Crippen LogP contribution is -2.38. The van der Waals surface area contributed by atoms with Crippen LogP contribution in [0.25, 0.3) is 0 Å². The van der Waals surface area contributed by atoms with Gasteiger partial charge in [-0.25, -0.2) is 0 Å². The SMILES string of the molecule is CN(C)c1cccc(OC(C=O)N2CCCC2)c1. The molecule has 0 N–H and O–H groups in total. The Labute approximate surface area is 108 Å². The zero-order valence-electron chi connectivity index (χ0n) is 11.0. The summed E-state index contributed by atoms with van der Waals surface area (Å²) in [4.78, 5) is 15.2. The first-order valence-electron chi connectivity index (χ1n) is 6.34. The summed E-state index contributed by atoms with van der Waals surface area (Å²) < 4.78 is 5.77. The van der Waals surface area contributed by atoms with Gasteiger partial charge in [0.1, 0.15) is 5.75 Å². The molecule has 4 heteroatoms. The van der Waals surface area contributed by atoms with Crippen molar-refractivity contribution in [3.8, 4) is 5.75 Å². The summed E-state index contributed by atoms with van der Waals surface area (Å²) in [6, 6.07) is 7.79. The summed E-state index contributed by atoms with van der Waals surface area (Å²) in [6.45, 7) is 1.88. The molecular weight excluding hydrogens is 228 g/mol. The van der Waals surface area contributed by atoms with Crippen molar-refractivity contribution in [3.05, 3.63) is 24.3 Å². The van der Waals surface area contributed by atoms with Gasteiger partial charge < -0.3 is 9.64 Å². The van der Waals surface area contributed by atoms with Crippen molar-refractivity contribution >= 4 is 12.0 Å². The molecule has 98 valence electrons. The minimum atomic E-state index is -0.454. The van der Waals surface area contributed by atoms with Crippen LogP contribution in [-0.2, 0) is 4.79 Å². The Morgan fingerprint density at radius 2 is 2.06 bits per heavy atom. The Balaban J connectivity index is 2.06. The lowest BCUT2D eigenvalue weighted by Gasteiger charge is -2.24. The number of anilines is 1.